The molecule has 0 saturated heterocycles. The van der Waals surface area contributed by atoms with Crippen molar-refractivity contribution < 1.29 is 0 Å². The lowest BCUT2D eigenvalue weighted by Crippen LogP contribution is -1.97. The Morgan fingerprint density at radius 2 is 0.377 bits per heavy atom. The van der Waals surface area contributed by atoms with Crippen LogP contribution in [0.3, 0.4) is 0 Å². The molecular weight excluding hydrogens is 1590 g/mol. The van der Waals surface area contributed by atoms with Crippen molar-refractivity contribution in [3.05, 3.63) is 450 Å². The van der Waals surface area contributed by atoms with Gasteiger partial charge < -0.3 is 0 Å². The van der Waals surface area contributed by atoms with Gasteiger partial charge in [-0.25, -0.2) is 29.9 Å². The van der Waals surface area contributed by atoms with Crippen LogP contribution >= 0.6 is 0 Å². The van der Waals surface area contributed by atoms with Gasteiger partial charge in [0.1, 0.15) is 0 Å². The van der Waals surface area contributed by atoms with E-state index in [1.165, 1.54) is 59.8 Å². The van der Waals surface area contributed by atoms with E-state index in [1.807, 2.05) is 73.3 Å². The van der Waals surface area contributed by atoms with Crippen molar-refractivity contribution in [2.45, 2.75) is 0 Å². The van der Waals surface area contributed by atoms with Crippen LogP contribution in [0.1, 0.15) is 0 Å². The lowest BCUT2D eigenvalue weighted by molar-refractivity contribution is 1.18. The summed E-state index contributed by atoms with van der Waals surface area (Å²) in [4.78, 5) is 58.5. The van der Waals surface area contributed by atoms with Gasteiger partial charge in [0.15, 0.2) is 17.5 Å². The highest BCUT2D eigenvalue weighted by atomic mass is 14.9. The predicted octanol–water partition coefficient (Wildman–Crippen LogP) is 29.3. The maximum atomic E-state index is 5.16. The van der Waals surface area contributed by atoms with E-state index < -0.39 is 0 Å². The first-order valence-corrected chi connectivity index (χ1v) is 43.3. The minimum atomic E-state index is 0.632. The third kappa shape index (κ3) is 15.4. The molecule has 12 nitrogen and oxygen atoms in total. The van der Waals surface area contributed by atoms with Crippen molar-refractivity contribution in [2.75, 3.05) is 0 Å². The van der Waals surface area contributed by atoms with E-state index in [9.17, 15) is 0 Å². The van der Waals surface area contributed by atoms with E-state index in [4.69, 9.17) is 39.9 Å². The van der Waals surface area contributed by atoms with Crippen LogP contribution in [-0.2, 0) is 0 Å². The van der Waals surface area contributed by atoms with Gasteiger partial charge in [-0.05, 0) is 155 Å². The highest BCUT2D eigenvalue weighted by Crippen LogP contribution is 2.40. The predicted molar refractivity (Wildman–Crippen MR) is 533 cm³/mol. The van der Waals surface area contributed by atoms with Gasteiger partial charge in [0.05, 0.1) is 67.3 Å². The van der Waals surface area contributed by atoms with Gasteiger partial charge in [0, 0.05) is 120 Å². The third-order valence-corrected chi connectivity index (χ3v) is 24.3. The maximum Gasteiger partial charge on any atom is 0.160 e. The number of pyridine rings is 6. The van der Waals surface area contributed by atoms with Crippen molar-refractivity contribution in [3.8, 4) is 135 Å². The summed E-state index contributed by atoms with van der Waals surface area (Å²) in [5, 5.41) is 16.2. The molecule has 130 heavy (non-hydrogen) atoms. The molecule has 12 heteroatoms. The van der Waals surface area contributed by atoms with Crippen LogP contribution in [0.25, 0.3) is 244 Å². The number of fused-ring (bicyclic) bond motifs is 14. The van der Waals surface area contributed by atoms with Crippen LogP contribution in [0, 0.1) is 0 Å². The maximum absolute atomic E-state index is 5.16. The molecule has 0 spiro atoms. The zero-order chi connectivity index (χ0) is 86.2. The van der Waals surface area contributed by atoms with E-state index in [1.54, 1.807) is 12.4 Å². The normalized spacial score (nSPS) is 11.4. The Labute approximate surface area is 748 Å². The Hall–Kier alpha value is -17.7. The van der Waals surface area contributed by atoms with E-state index in [0.29, 0.717) is 17.5 Å². The molecule has 16 aromatic carbocycles. The van der Waals surface area contributed by atoms with Crippen LogP contribution in [0.5, 0.6) is 0 Å². The Bertz CT molecular complexity index is 7920. The van der Waals surface area contributed by atoms with Crippen molar-refractivity contribution in [1.29, 1.82) is 0 Å². The summed E-state index contributed by atoms with van der Waals surface area (Å²) < 4.78 is 0. The van der Waals surface area contributed by atoms with Crippen molar-refractivity contribution >= 4 is 109 Å². The molecule has 0 aliphatic carbocycles. The summed E-state index contributed by atoms with van der Waals surface area (Å²) in [5.41, 5.74) is 26.3. The summed E-state index contributed by atoms with van der Waals surface area (Å²) in [7, 11) is 0. The van der Waals surface area contributed by atoms with Crippen LogP contribution in [0.4, 0.5) is 0 Å². The Morgan fingerprint density at radius 3 is 0.762 bits per heavy atom. The number of rotatable bonds is 12. The van der Waals surface area contributed by atoms with Gasteiger partial charge in [0.25, 0.3) is 0 Å². The topological polar surface area (TPSA) is 155 Å². The second-order valence-electron chi connectivity index (χ2n) is 32.4. The fourth-order valence-corrected chi connectivity index (χ4v) is 17.5. The Morgan fingerprint density at radius 1 is 0.131 bits per heavy atom. The third-order valence-electron chi connectivity index (χ3n) is 24.3. The molecule has 25 aromatic rings. The van der Waals surface area contributed by atoms with Gasteiger partial charge in [-0.1, -0.05) is 334 Å². The summed E-state index contributed by atoms with van der Waals surface area (Å²) in [6.07, 6.45) is 11.0. The van der Waals surface area contributed by atoms with Gasteiger partial charge in [-0.2, -0.15) is 0 Å². The fraction of sp³-hybridized carbons (Fsp3) is 0. The molecule has 0 fully saturated rings. The molecular formula is C118H74N12. The Kier molecular flexibility index (Phi) is 20.0. The minimum absolute atomic E-state index is 0.632. The molecule has 0 aliphatic heterocycles. The van der Waals surface area contributed by atoms with Crippen LogP contribution in [0.15, 0.2) is 450 Å². The molecule has 0 bridgehead atoms. The second-order valence-corrected chi connectivity index (χ2v) is 32.4. The molecule has 0 aliphatic rings. The molecule has 0 amide bonds. The zero-order valence-electron chi connectivity index (χ0n) is 70.1. The smallest absolute Gasteiger partial charge is 0.160 e. The van der Waals surface area contributed by atoms with E-state index in [0.717, 1.165) is 166 Å². The molecule has 9 heterocycles. The summed E-state index contributed by atoms with van der Waals surface area (Å²) in [6, 6.07) is 143. The number of nitrogens with zero attached hydrogens (tertiary/aromatic N) is 12. The van der Waals surface area contributed by atoms with Crippen LogP contribution in [0.2, 0.25) is 0 Å². The summed E-state index contributed by atoms with van der Waals surface area (Å²) in [5.74, 6) is 2.02. The molecule has 0 N–H and O–H groups in total. The van der Waals surface area contributed by atoms with Gasteiger partial charge in [-0.15, -0.1) is 0 Å². The van der Waals surface area contributed by atoms with E-state index in [2.05, 4.69) is 384 Å². The fourth-order valence-electron chi connectivity index (χ4n) is 17.5. The van der Waals surface area contributed by atoms with Crippen molar-refractivity contribution in [1.82, 2.24) is 59.8 Å². The van der Waals surface area contributed by atoms with Gasteiger partial charge in [-0.3, -0.25) is 29.9 Å². The van der Waals surface area contributed by atoms with E-state index >= 15 is 0 Å². The average molecular weight is 1660 g/mol. The number of benzene rings is 16. The lowest BCUT2D eigenvalue weighted by Gasteiger charge is -2.12. The highest BCUT2D eigenvalue weighted by Gasteiger charge is 2.20. The van der Waals surface area contributed by atoms with Gasteiger partial charge >= 0.3 is 0 Å². The second kappa shape index (κ2) is 33.7. The lowest BCUT2D eigenvalue weighted by atomic mass is 9.97. The monoisotopic (exact) mass is 1660 g/mol. The van der Waals surface area contributed by atoms with E-state index in [-0.39, 0.29) is 0 Å². The zero-order valence-corrected chi connectivity index (χ0v) is 70.1. The number of aromatic nitrogens is 12. The largest absolute Gasteiger partial charge is 0.256 e. The minimum Gasteiger partial charge on any atom is -0.256 e. The molecule has 25 rings (SSSR count). The molecule has 606 valence electrons. The van der Waals surface area contributed by atoms with Crippen molar-refractivity contribution in [3.63, 3.8) is 0 Å². The average Bonchev–Trinajstić information content (AvgIpc) is 0.826. The SMILES string of the molecule is c1ccc(-c2ccc(-c3nc(-c4ccc5c(ccc6ccccc65)c4)cc(-c4ccc5c(ccc6ccccc65)c4)n3)cc2)cc1.c1ccc(-c2ccc(-c3nc(-c4ccc5cccnc5c4)cc(-c4ccc5cccnc5c4)n3)cc2)cc1.c1ccc(-c2ccc(-c3nc(-c4cnc5c(ccc6cccnc65)c4)cc(-c4cnc5c(ccc6cccnc65)c4)n3)cc2)cc1. The first kappa shape index (κ1) is 77.1. The standard InChI is InChI=1S/C44H28N2.C40H24N6.C34H22N4/c1-2-8-29(9-3-1)30-14-18-33(19-15-30)44-45-42(36-22-24-40-34(26-36)20-16-31-10-4-6-12-38(31)40)28-43(46-44)37-23-25-41-35(27-37)21-17-32-11-5-7-13-39(32)41;1-2-6-25(7-3-1)26-10-14-29(15-11-26)40-45-34(32-20-30-16-12-27-8-4-18-41-36(27)38(30)43-23-32)22-35(46-40)33-21-31-17-13-28-9-5-19-42-37(28)39(31)44-24-33;1-2-6-23(7-3-1)24-10-14-27(15-11-24)34-37-32(28-16-12-25-8-4-18-35-30(25)20-28)22-33(38-34)29-17-13-26-9-5-19-36-31(26)21-29/h1-28H;1-24H;1-22H. The summed E-state index contributed by atoms with van der Waals surface area (Å²) in [6.45, 7) is 0. The number of hydrogen-bond acceptors (Lipinski definition) is 12. The molecule has 0 unspecified atom stereocenters. The molecule has 9 aromatic heterocycles. The van der Waals surface area contributed by atoms with Gasteiger partial charge in [0.2, 0.25) is 0 Å². The summed E-state index contributed by atoms with van der Waals surface area (Å²) >= 11 is 0. The van der Waals surface area contributed by atoms with Crippen LogP contribution in [-0.4, -0.2) is 59.8 Å². The van der Waals surface area contributed by atoms with Crippen LogP contribution < -0.4 is 0 Å². The number of hydrogen-bond donors (Lipinski definition) is 0. The quantitative estimate of drug-likeness (QED) is 0.107. The highest BCUT2D eigenvalue weighted by molar-refractivity contribution is 6.11. The molecule has 0 radical (unpaired) electrons. The molecule has 0 saturated carbocycles. The Balaban J connectivity index is 0.000000112. The molecule has 0 atom stereocenters. The van der Waals surface area contributed by atoms with Crippen molar-refractivity contribution in [2.24, 2.45) is 0 Å². The first-order valence-electron chi connectivity index (χ1n) is 43.3. The first-order chi connectivity index (χ1) is 64.3.